The third-order valence-corrected chi connectivity index (χ3v) is 4.84. The molecule has 1 unspecified atom stereocenters. The standard InChI is InChI=1S/C19H19NO3/c21-17-14-10-6-2-5-9-13(14)11-15-16(18(17)22)20-19(23-15)12-7-3-1-4-8-12/h1,3,9-10,12H,2,4-8,11H2. The highest BCUT2D eigenvalue weighted by atomic mass is 16.4. The van der Waals surface area contributed by atoms with E-state index in [4.69, 9.17) is 4.42 Å². The number of aromatic nitrogens is 1. The third kappa shape index (κ3) is 2.52. The Labute approximate surface area is 135 Å². The average Bonchev–Trinajstić information content (AvgIpc) is 2.81. The Kier molecular flexibility index (Phi) is 3.60. The van der Waals surface area contributed by atoms with Crippen LogP contribution in [0.4, 0.5) is 0 Å². The summed E-state index contributed by atoms with van der Waals surface area (Å²) in [5, 5.41) is 0. The maximum absolute atomic E-state index is 12.5. The van der Waals surface area contributed by atoms with E-state index in [0.29, 0.717) is 23.6 Å². The van der Waals surface area contributed by atoms with Gasteiger partial charge in [-0.25, -0.2) is 4.98 Å². The van der Waals surface area contributed by atoms with E-state index in [1.165, 1.54) is 0 Å². The highest BCUT2D eigenvalue weighted by Crippen LogP contribution is 2.34. The molecule has 0 fully saturated rings. The summed E-state index contributed by atoms with van der Waals surface area (Å²) >= 11 is 0. The van der Waals surface area contributed by atoms with Crippen LogP contribution < -0.4 is 0 Å². The number of ketones is 2. The normalized spacial score (nSPS) is 24.3. The third-order valence-electron chi connectivity index (χ3n) is 4.84. The van der Waals surface area contributed by atoms with E-state index in [1.54, 1.807) is 0 Å². The number of hydrogen-bond acceptors (Lipinski definition) is 4. The summed E-state index contributed by atoms with van der Waals surface area (Å²) < 4.78 is 5.95. The van der Waals surface area contributed by atoms with Gasteiger partial charge in [-0.2, -0.15) is 0 Å². The first-order valence-corrected chi connectivity index (χ1v) is 8.37. The number of Topliss-reactive ketones (excluding diaryl/α,β-unsaturated/α-hetero) is 2. The van der Waals surface area contributed by atoms with Crippen LogP contribution in [0.5, 0.6) is 0 Å². The number of nitrogens with zero attached hydrogens (tertiary/aromatic N) is 1. The fourth-order valence-electron chi connectivity index (χ4n) is 3.55. The average molecular weight is 309 g/mol. The molecule has 4 heteroatoms. The lowest BCUT2D eigenvalue weighted by Gasteiger charge is -2.13. The molecule has 0 amide bonds. The molecule has 118 valence electrons. The van der Waals surface area contributed by atoms with Crippen molar-refractivity contribution in [1.82, 2.24) is 4.98 Å². The van der Waals surface area contributed by atoms with Gasteiger partial charge in [-0.15, -0.1) is 0 Å². The summed E-state index contributed by atoms with van der Waals surface area (Å²) in [6.45, 7) is 0. The second-order valence-corrected chi connectivity index (χ2v) is 6.42. The molecule has 0 spiro atoms. The fraction of sp³-hybridized carbons (Fsp3) is 0.421. The SMILES string of the molecule is O=C1C(=O)c2nc(C3CC=CCC3)oc2CC2=CCCCC=C12. The minimum Gasteiger partial charge on any atom is -0.444 e. The van der Waals surface area contributed by atoms with E-state index in [2.05, 4.69) is 23.2 Å². The molecule has 4 nitrogen and oxygen atoms in total. The largest absolute Gasteiger partial charge is 0.444 e. The molecule has 1 atom stereocenters. The quantitative estimate of drug-likeness (QED) is 0.584. The molecule has 0 saturated heterocycles. The first-order chi connectivity index (χ1) is 11.2. The molecule has 1 heterocycles. The van der Waals surface area contributed by atoms with E-state index >= 15 is 0 Å². The maximum Gasteiger partial charge on any atom is 0.255 e. The van der Waals surface area contributed by atoms with Gasteiger partial charge in [0.15, 0.2) is 11.6 Å². The van der Waals surface area contributed by atoms with E-state index < -0.39 is 11.6 Å². The topological polar surface area (TPSA) is 60.2 Å². The van der Waals surface area contributed by atoms with Crippen LogP contribution in [0.3, 0.4) is 0 Å². The minimum absolute atomic E-state index is 0.216. The Balaban J connectivity index is 1.75. The van der Waals surface area contributed by atoms with Gasteiger partial charge in [-0.1, -0.05) is 24.3 Å². The molecule has 0 aromatic carbocycles. The Morgan fingerprint density at radius 1 is 1.04 bits per heavy atom. The number of oxazole rings is 1. The lowest BCUT2D eigenvalue weighted by molar-refractivity contribution is -0.111. The van der Waals surface area contributed by atoms with Gasteiger partial charge < -0.3 is 4.42 Å². The first-order valence-electron chi connectivity index (χ1n) is 8.37. The predicted molar refractivity (Wildman–Crippen MR) is 85.3 cm³/mol. The number of fused-ring (bicyclic) bond motifs is 2. The molecular formula is C19H19NO3. The van der Waals surface area contributed by atoms with E-state index in [9.17, 15) is 9.59 Å². The van der Waals surface area contributed by atoms with Crippen LogP contribution in [0, 0.1) is 0 Å². The second kappa shape index (κ2) is 5.76. The van der Waals surface area contributed by atoms with Crippen LogP contribution in [0.2, 0.25) is 0 Å². The van der Waals surface area contributed by atoms with E-state index in [-0.39, 0.29) is 11.6 Å². The van der Waals surface area contributed by atoms with Crippen LogP contribution in [0.15, 0.2) is 39.9 Å². The van der Waals surface area contributed by atoms with Crippen LogP contribution in [0.25, 0.3) is 0 Å². The van der Waals surface area contributed by atoms with Crippen molar-refractivity contribution < 1.29 is 14.0 Å². The Bertz CT molecular complexity index is 764. The number of carbonyl (C=O) groups excluding carboxylic acids is 2. The van der Waals surface area contributed by atoms with Gasteiger partial charge in [0, 0.05) is 17.9 Å². The molecule has 0 bridgehead atoms. The first kappa shape index (κ1) is 14.4. The highest BCUT2D eigenvalue weighted by Gasteiger charge is 2.35. The zero-order chi connectivity index (χ0) is 15.8. The van der Waals surface area contributed by atoms with Crippen molar-refractivity contribution in [2.45, 2.75) is 50.9 Å². The van der Waals surface area contributed by atoms with Crippen molar-refractivity contribution in [1.29, 1.82) is 0 Å². The van der Waals surface area contributed by atoms with Crippen LogP contribution in [0.1, 0.15) is 66.6 Å². The van der Waals surface area contributed by atoms with Crippen molar-refractivity contribution in [2.24, 2.45) is 0 Å². The summed E-state index contributed by atoms with van der Waals surface area (Å²) in [5.41, 5.74) is 1.71. The summed E-state index contributed by atoms with van der Waals surface area (Å²) in [6, 6.07) is 0. The van der Waals surface area contributed by atoms with Gasteiger partial charge in [0.25, 0.3) is 5.78 Å². The predicted octanol–water partition coefficient (Wildman–Crippen LogP) is 3.84. The van der Waals surface area contributed by atoms with E-state index in [1.807, 2.05) is 6.08 Å². The van der Waals surface area contributed by atoms with Crippen molar-refractivity contribution in [2.75, 3.05) is 0 Å². The summed E-state index contributed by atoms with van der Waals surface area (Å²) in [5.74, 6) is 0.442. The van der Waals surface area contributed by atoms with Crippen molar-refractivity contribution in [3.8, 4) is 0 Å². The Morgan fingerprint density at radius 3 is 2.74 bits per heavy atom. The number of rotatable bonds is 1. The monoisotopic (exact) mass is 309 g/mol. The van der Waals surface area contributed by atoms with Crippen molar-refractivity contribution >= 4 is 11.6 Å². The highest BCUT2D eigenvalue weighted by molar-refractivity contribution is 6.50. The summed E-state index contributed by atoms with van der Waals surface area (Å²) in [4.78, 5) is 29.5. The molecule has 0 N–H and O–H groups in total. The summed E-state index contributed by atoms with van der Waals surface area (Å²) in [7, 11) is 0. The zero-order valence-electron chi connectivity index (χ0n) is 13.0. The van der Waals surface area contributed by atoms with E-state index in [0.717, 1.165) is 44.1 Å². The Hall–Kier alpha value is -2.23. The molecule has 23 heavy (non-hydrogen) atoms. The van der Waals surface area contributed by atoms with Gasteiger partial charge >= 0.3 is 0 Å². The molecule has 4 rings (SSSR count). The lowest BCUT2D eigenvalue weighted by atomic mass is 9.94. The molecule has 3 aliphatic carbocycles. The fourth-order valence-corrected chi connectivity index (χ4v) is 3.55. The lowest BCUT2D eigenvalue weighted by Crippen LogP contribution is -2.16. The zero-order valence-corrected chi connectivity index (χ0v) is 13.0. The van der Waals surface area contributed by atoms with Gasteiger partial charge in [0.1, 0.15) is 5.76 Å². The maximum atomic E-state index is 12.5. The molecule has 3 aliphatic rings. The number of carbonyl (C=O) groups is 2. The molecule has 0 aliphatic heterocycles. The molecule has 0 saturated carbocycles. The second-order valence-electron chi connectivity index (χ2n) is 6.42. The molecular weight excluding hydrogens is 290 g/mol. The smallest absolute Gasteiger partial charge is 0.255 e. The molecule has 0 radical (unpaired) electrons. The number of hydrogen-bond donors (Lipinski definition) is 0. The van der Waals surface area contributed by atoms with Gasteiger partial charge in [0.2, 0.25) is 5.78 Å². The summed E-state index contributed by atoms with van der Waals surface area (Å²) in [6.07, 6.45) is 14.4. The van der Waals surface area contributed by atoms with Crippen LogP contribution in [-0.4, -0.2) is 16.6 Å². The minimum atomic E-state index is -0.516. The molecule has 1 aromatic heterocycles. The van der Waals surface area contributed by atoms with Crippen LogP contribution in [-0.2, 0) is 11.2 Å². The van der Waals surface area contributed by atoms with Gasteiger partial charge in [-0.3, -0.25) is 9.59 Å². The van der Waals surface area contributed by atoms with Gasteiger partial charge in [-0.05, 0) is 44.1 Å². The molecule has 1 aromatic rings. The van der Waals surface area contributed by atoms with Crippen molar-refractivity contribution in [3.05, 3.63) is 52.8 Å². The number of allylic oxidation sites excluding steroid dienone is 6. The van der Waals surface area contributed by atoms with Crippen LogP contribution >= 0.6 is 0 Å². The van der Waals surface area contributed by atoms with Gasteiger partial charge in [0.05, 0.1) is 0 Å². The Morgan fingerprint density at radius 2 is 1.91 bits per heavy atom. The van der Waals surface area contributed by atoms with Crippen molar-refractivity contribution in [3.63, 3.8) is 0 Å².